The molecule has 51 heavy (non-hydrogen) atoms. The number of Topliss-reactive ketones (excluding diaryl/α,β-unsaturated/α-hetero) is 1. The predicted molar refractivity (Wildman–Crippen MR) is 171 cm³/mol. The lowest BCUT2D eigenvalue weighted by molar-refractivity contribution is -0.308. The summed E-state index contributed by atoms with van der Waals surface area (Å²) < 4.78 is 35.9. The summed E-state index contributed by atoms with van der Waals surface area (Å²) in [6.45, 7) is 9.05. The van der Waals surface area contributed by atoms with Crippen molar-refractivity contribution in [2.75, 3.05) is 19.8 Å². The summed E-state index contributed by atoms with van der Waals surface area (Å²) in [7, 11) is 0. The van der Waals surface area contributed by atoms with Crippen molar-refractivity contribution in [3.63, 3.8) is 0 Å². The molecule has 1 saturated heterocycles. The van der Waals surface area contributed by atoms with Gasteiger partial charge in [0.15, 0.2) is 23.6 Å². The monoisotopic (exact) mass is 716 g/mol. The molecule has 3 saturated carbocycles. The molecule has 0 spiro atoms. The standard InChI is InChI=1S/C36H44O15/c1-17-24(42)13-25(48-18(2)38)35(16-46-32(44)22-11-9-8-10-12-22)26(17)28(49-19(3)39)27-23(14-37)29(43)34(7)36(45,33(27,6)15-47-34)31(51-21(5)41)30(35)50-20(4)40/h8-12,23-28,30-31,37,42,45H,1,13-16H2,2-7H3/t23-,24+,25?,26+,27?,28+,30+,31+,33+,34-,35?,36+/m1/s1. The van der Waals surface area contributed by atoms with E-state index < -0.39 is 132 Å². The van der Waals surface area contributed by atoms with Crippen LogP contribution in [0, 0.1) is 28.6 Å². The first-order valence-electron chi connectivity index (χ1n) is 16.6. The van der Waals surface area contributed by atoms with Crippen molar-refractivity contribution >= 4 is 35.6 Å². The van der Waals surface area contributed by atoms with Gasteiger partial charge in [0.25, 0.3) is 0 Å². The lowest BCUT2D eigenvalue weighted by atomic mass is 9.41. The molecular formula is C36H44O15. The average Bonchev–Trinajstić information content (AvgIpc) is 3.21. The number of aliphatic hydroxyl groups excluding tert-OH is 2. The van der Waals surface area contributed by atoms with E-state index in [0.29, 0.717) is 0 Å². The van der Waals surface area contributed by atoms with E-state index in [4.69, 9.17) is 28.4 Å². The van der Waals surface area contributed by atoms with Crippen LogP contribution in [0.15, 0.2) is 42.5 Å². The molecular weight excluding hydrogens is 672 g/mol. The topological polar surface area (TPSA) is 218 Å². The summed E-state index contributed by atoms with van der Waals surface area (Å²) in [6.07, 6.45) is -9.11. The Morgan fingerprint density at radius 3 is 2.02 bits per heavy atom. The highest BCUT2D eigenvalue weighted by Gasteiger charge is 2.85. The largest absolute Gasteiger partial charge is 0.462 e. The number of hydrogen-bond acceptors (Lipinski definition) is 15. The number of esters is 5. The Morgan fingerprint density at radius 2 is 1.47 bits per heavy atom. The molecule has 5 rings (SSSR count). The number of hydrogen-bond donors (Lipinski definition) is 3. The van der Waals surface area contributed by atoms with Crippen LogP contribution in [0.5, 0.6) is 0 Å². The van der Waals surface area contributed by atoms with Crippen molar-refractivity contribution < 1.29 is 72.5 Å². The van der Waals surface area contributed by atoms with Gasteiger partial charge >= 0.3 is 29.8 Å². The van der Waals surface area contributed by atoms with Crippen molar-refractivity contribution in [3.8, 4) is 0 Å². The maximum atomic E-state index is 14.5. The van der Waals surface area contributed by atoms with Gasteiger partial charge in [-0.2, -0.15) is 0 Å². The molecule has 3 aliphatic carbocycles. The van der Waals surface area contributed by atoms with Crippen molar-refractivity contribution in [2.45, 2.75) is 89.7 Å². The lowest BCUT2D eigenvalue weighted by Gasteiger charge is -2.66. The van der Waals surface area contributed by atoms with E-state index in [0.717, 1.165) is 27.7 Å². The predicted octanol–water partition coefficient (Wildman–Crippen LogP) is 0.841. The minimum Gasteiger partial charge on any atom is -0.462 e. The molecule has 0 amide bonds. The van der Waals surface area contributed by atoms with Gasteiger partial charge < -0.3 is 43.7 Å². The van der Waals surface area contributed by atoms with Crippen molar-refractivity contribution in [1.29, 1.82) is 0 Å². The summed E-state index contributed by atoms with van der Waals surface area (Å²) in [5.74, 6) is -9.76. The third-order valence-corrected chi connectivity index (χ3v) is 11.4. The second-order valence-corrected chi connectivity index (χ2v) is 14.3. The van der Waals surface area contributed by atoms with Crippen LogP contribution in [0.2, 0.25) is 0 Å². The SMILES string of the molecule is C=C1[C@@H](O)CC(OC(C)=O)C2(COC(=O)c3ccccc3)[C@@H](OC(C)=O)[C@H](OC(C)=O)[C@]3(O)[C@@]4(C)CO[C@]3(C)C(=O)[C@H](CO)C4[C@@H](OC(C)=O)[C@H]12. The Morgan fingerprint density at radius 1 is 0.902 bits per heavy atom. The van der Waals surface area contributed by atoms with Crippen molar-refractivity contribution in [2.24, 2.45) is 28.6 Å². The fraction of sp³-hybridized carbons (Fsp3) is 0.611. The van der Waals surface area contributed by atoms with Crippen LogP contribution < -0.4 is 0 Å². The number of ether oxygens (including phenoxy) is 6. The number of ketones is 1. The van der Waals surface area contributed by atoms with Crippen LogP contribution in [0.3, 0.4) is 0 Å². The Labute approximate surface area is 294 Å². The quantitative estimate of drug-likeness (QED) is 0.193. The highest BCUT2D eigenvalue weighted by Crippen LogP contribution is 2.68. The molecule has 0 radical (unpaired) electrons. The molecule has 15 heteroatoms. The fourth-order valence-corrected chi connectivity index (χ4v) is 9.41. The van der Waals surface area contributed by atoms with E-state index in [1.807, 2.05) is 0 Å². The summed E-state index contributed by atoms with van der Waals surface area (Å²) in [4.78, 5) is 80.2. The van der Waals surface area contributed by atoms with E-state index in [2.05, 4.69) is 6.58 Å². The van der Waals surface area contributed by atoms with Crippen LogP contribution in [-0.4, -0.2) is 112 Å². The van der Waals surface area contributed by atoms with Gasteiger partial charge in [-0.15, -0.1) is 0 Å². The summed E-state index contributed by atoms with van der Waals surface area (Å²) in [5, 5.41) is 35.6. The highest BCUT2D eigenvalue weighted by molar-refractivity contribution is 5.94. The van der Waals surface area contributed by atoms with Crippen LogP contribution in [-0.2, 0) is 52.4 Å². The van der Waals surface area contributed by atoms with Gasteiger partial charge in [-0.1, -0.05) is 31.7 Å². The van der Waals surface area contributed by atoms with Crippen LogP contribution in [0.1, 0.15) is 58.3 Å². The molecule has 0 aromatic heterocycles. The number of carbonyl (C=O) groups excluding carboxylic acids is 6. The van der Waals surface area contributed by atoms with Gasteiger partial charge in [0.05, 0.1) is 36.2 Å². The third kappa shape index (κ3) is 5.65. The number of benzene rings is 1. The first-order valence-corrected chi connectivity index (χ1v) is 16.6. The molecule has 4 bridgehead atoms. The molecule has 1 aromatic carbocycles. The lowest BCUT2D eigenvalue weighted by Crippen LogP contribution is -2.82. The van der Waals surface area contributed by atoms with Gasteiger partial charge in [-0.25, -0.2) is 4.79 Å². The second kappa shape index (κ2) is 13.4. The molecule has 278 valence electrons. The molecule has 4 aliphatic rings. The number of carbonyl (C=O) groups is 6. The highest BCUT2D eigenvalue weighted by atomic mass is 16.6. The van der Waals surface area contributed by atoms with Gasteiger partial charge in [-0.3, -0.25) is 24.0 Å². The molecule has 1 aromatic rings. The second-order valence-electron chi connectivity index (χ2n) is 14.3. The third-order valence-electron chi connectivity index (χ3n) is 11.4. The zero-order valence-corrected chi connectivity index (χ0v) is 29.3. The van der Waals surface area contributed by atoms with Crippen LogP contribution >= 0.6 is 0 Å². The summed E-state index contributed by atoms with van der Waals surface area (Å²) >= 11 is 0. The molecule has 1 aliphatic heterocycles. The maximum absolute atomic E-state index is 14.5. The summed E-state index contributed by atoms with van der Waals surface area (Å²) in [6, 6.07) is 7.78. The molecule has 15 nitrogen and oxygen atoms in total. The molecule has 4 fully saturated rings. The smallest absolute Gasteiger partial charge is 0.338 e. The van der Waals surface area contributed by atoms with E-state index in [1.54, 1.807) is 18.2 Å². The normalized spacial score (nSPS) is 39.8. The van der Waals surface area contributed by atoms with Crippen LogP contribution in [0.4, 0.5) is 0 Å². The Balaban J connectivity index is 1.95. The van der Waals surface area contributed by atoms with E-state index in [1.165, 1.54) is 26.0 Å². The average molecular weight is 717 g/mol. The summed E-state index contributed by atoms with van der Waals surface area (Å²) in [5.41, 5.74) is -8.71. The fourth-order valence-electron chi connectivity index (χ4n) is 9.41. The van der Waals surface area contributed by atoms with Gasteiger partial charge in [0.1, 0.15) is 24.4 Å². The first-order chi connectivity index (χ1) is 23.8. The van der Waals surface area contributed by atoms with Gasteiger partial charge in [-0.05, 0) is 24.6 Å². The molecule has 3 N–H and O–H groups in total. The molecule has 3 unspecified atom stereocenters. The Bertz CT molecular complexity index is 1620. The minimum absolute atomic E-state index is 0.0652. The number of aliphatic hydroxyl groups is 3. The Kier molecular flexibility index (Phi) is 10.0. The first kappa shape index (κ1) is 38.1. The minimum atomic E-state index is -2.61. The number of fused-ring (bicyclic) bond motifs is 1. The molecule has 12 atom stereocenters. The molecule has 1 heterocycles. The van der Waals surface area contributed by atoms with Crippen molar-refractivity contribution in [1.82, 2.24) is 0 Å². The zero-order valence-electron chi connectivity index (χ0n) is 29.3. The van der Waals surface area contributed by atoms with E-state index in [-0.39, 0.29) is 11.1 Å². The Hall–Kier alpha value is -4.18. The zero-order chi connectivity index (χ0) is 37.8. The van der Waals surface area contributed by atoms with E-state index >= 15 is 0 Å². The maximum Gasteiger partial charge on any atom is 0.338 e. The van der Waals surface area contributed by atoms with E-state index in [9.17, 15) is 44.1 Å². The van der Waals surface area contributed by atoms with Crippen LogP contribution in [0.25, 0.3) is 0 Å². The van der Waals surface area contributed by atoms with Gasteiger partial charge in [0, 0.05) is 51.4 Å². The van der Waals surface area contributed by atoms with Crippen molar-refractivity contribution in [3.05, 3.63) is 48.0 Å². The number of rotatable bonds is 8. The van der Waals surface area contributed by atoms with Gasteiger partial charge in [0.2, 0.25) is 0 Å².